The van der Waals surface area contributed by atoms with E-state index in [4.69, 9.17) is 0 Å². The maximum absolute atomic E-state index is 13.0. The molecular weight excluding hydrogens is 411 g/mol. The van der Waals surface area contributed by atoms with E-state index in [1.165, 1.54) is 41.1 Å². The molecule has 2 amide bonds. The average molecular weight is 434 g/mol. The summed E-state index contributed by atoms with van der Waals surface area (Å²) in [5.74, 6) is -0.744. The van der Waals surface area contributed by atoms with E-state index < -0.39 is 0 Å². The Morgan fingerprint density at radius 1 is 1.06 bits per heavy atom. The highest BCUT2D eigenvalue weighted by Crippen LogP contribution is 2.26. The first kappa shape index (κ1) is 21.4. The van der Waals surface area contributed by atoms with Gasteiger partial charge >= 0.3 is 0 Å². The SMILES string of the molecule is Cn1cc(C(=O)N2CCCC(c3ccc(C(=O)Nc4ccc(F)cc4)cn3)C2)ccc1=O. The van der Waals surface area contributed by atoms with E-state index in [-0.39, 0.29) is 29.1 Å². The van der Waals surface area contributed by atoms with E-state index in [2.05, 4.69) is 10.3 Å². The number of pyridine rings is 2. The predicted molar refractivity (Wildman–Crippen MR) is 118 cm³/mol. The molecule has 1 fully saturated rings. The zero-order valence-electron chi connectivity index (χ0n) is 17.6. The minimum atomic E-state index is -0.370. The van der Waals surface area contributed by atoms with Crippen molar-refractivity contribution in [2.24, 2.45) is 7.05 Å². The third-order valence-electron chi connectivity index (χ3n) is 5.61. The molecule has 0 bridgehead atoms. The van der Waals surface area contributed by atoms with Gasteiger partial charge in [-0.25, -0.2) is 4.39 Å². The number of carbonyl (C=O) groups excluding carboxylic acids is 2. The van der Waals surface area contributed by atoms with Crippen LogP contribution >= 0.6 is 0 Å². The van der Waals surface area contributed by atoms with E-state index >= 15 is 0 Å². The van der Waals surface area contributed by atoms with Crippen LogP contribution in [0.5, 0.6) is 0 Å². The molecule has 0 spiro atoms. The van der Waals surface area contributed by atoms with E-state index in [9.17, 15) is 18.8 Å². The molecule has 3 aromatic rings. The number of aryl methyl sites for hydroxylation is 1. The monoisotopic (exact) mass is 434 g/mol. The molecular formula is C24H23FN4O3. The third-order valence-corrected chi connectivity index (χ3v) is 5.61. The molecule has 4 rings (SSSR count). The standard InChI is InChI=1S/C24H23FN4O3/c1-28-14-18(5-11-22(28)30)24(32)29-12-2-3-17(15-29)21-10-4-16(13-26-21)23(31)27-20-8-6-19(25)7-9-20/h4-11,13-14,17H,2-3,12,15H2,1H3,(H,27,31). The van der Waals surface area contributed by atoms with Gasteiger partial charge in [0, 0.05) is 55.9 Å². The third kappa shape index (κ3) is 4.74. The highest BCUT2D eigenvalue weighted by atomic mass is 19.1. The summed E-state index contributed by atoms with van der Waals surface area (Å²) in [7, 11) is 1.62. The van der Waals surface area contributed by atoms with Gasteiger partial charge in [-0.1, -0.05) is 0 Å². The first-order valence-corrected chi connectivity index (χ1v) is 10.4. The number of nitrogens with one attached hydrogen (secondary N) is 1. The first-order valence-electron chi connectivity index (χ1n) is 10.4. The number of nitrogens with zero attached hydrogens (tertiary/aromatic N) is 3. The van der Waals surface area contributed by atoms with Crippen LogP contribution in [-0.2, 0) is 7.05 Å². The summed E-state index contributed by atoms with van der Waals surface area (Å²) in [6.45, 7) is 1.17. The van der Waals surface area contributed by atoms with E-state index in [0.29, 0.717) is 29.9 Å². The summed E-state index contributed by atoms with van der Waals surface area (Å²) in [6, 6.07) is 12.0. The normalized spacial score (nSPS) is 15.9. The van der Waals surface area contributed by atoms with Crippen LogP contribution in [0.4, 0.5) is 10.1 Å². The fourth-order valence-corrected chi connectivity index (χ4v) is 3.82. The Bertz CT molecular complexity index is 1190. The van der Waals surface area contributed by atoms with Gasteiger partial charge in [-0.15, -0.1) is 0 Å². The molecule has 3 heterocycles. The molecule has 1 atom stereocenters. The Hall–Kier alpha value is -3.81. The number of piperidine rings is 1. The molecule has 1 aromatic carbocycles. The fourth-order valence-electron chi connectivity index (χ4n) is 3.82. The van der Waals surface area contributed by atoms with Gasteiger partial charge in [-0.05, 0) is 55.3 Å². The van der Waals surface area contributed by atoms with Gasteiger partial charge in [0.1, 0.15) is 5.82 Å². The van der Waals surface area contributed by atoms with Crippen LogP contribution in [0.15, 0.2) is 65.7 Å². The van der Waals surface area contributed by atoms with Crippen LogP contribution in [-0.4, -0.2) is 39.4 Å². The van der Waals surface area contributed by atoms with Crippen molar-refractivity contribution in [1.82, 2.24) is 14.5 Å². The molecule has 1 N–H and O–H groups in total. The van der Waals surface area contributed by atoms with Crippen LogP contribution in [0, 0.1) is 5.82 Å². The lowest BCUT2D eigenvalue weighted by atomic mass is 9.93. The smallest absolute Gasteiger partial charge is 0.257 e. The average Bonchev–Trinajstić information content (AvgIpc) is 2.82. The Balaban J connectivity index is 1.42. The predicted octanol–water partition coefficient (Wildman–Crippen LogP) is 3.19. The number of carbonyl (C=O) groups is 2. The van der Waals surface area contributed by atoms with E-state index in [1.54, 1.807) is 30.3 Å². The van der Waals surface area contributed by atoms with Crippen molar-refractivity contribution in [2.75, 3.05) is 18.4 Å². The minimum absolute atomic E-state index is 0.0643. The van der Waals surface area contributed by atoms with Crippen molar-refractivity contribution < 1.29 is 14.0 Å². The Kier molecular flexibility index (Phi) is 6.11. The van der Waals surface area contributed by atoms with Gasteiger partial charge in [0.15, 0.2) is 0 Å². The number of anilines is 1. The summed E-state index contributed by atoms with van der Waals surface area (Å²) in [4.78, 5) is 43.1. The van der Waals surface area contributed by atoms with Gasteiger partial charge in [0.25, 0.3) is 11.8 Å². The van der Waals surface area contributed by atoms with Gasteiger partial charge in [-0.2, -0.15) is 0 Å². The Labute approximate surface area is 184 Å². The van der Waals surface area contributed by atoms with Crippen LogP contribution in [0.25, 0.3) is 0 Å². The molecule has 32 heavy (non-hydrogen) atoms. The van der Waals surface area contributed by atoms with Crippen LogP contribution in [0.1, 0.15) is 45.2 Å². The molecule has 1 unspecified atom stereocenters. The second kappa shape index (κ2) is 9.13. The van der Waals surface area contributed by atoms with Crippen LogP contribution in [0.2, 0.25) is 0 Å². The fraction of sp³-hybridized carbons (Fsp3) is 0.250. The van der Waals surface area contributed by atoms with Gasteiger partial charge in [0.05, 0.1) is 11.1 Å². The number of benzene rings is 1. The summed E-state index contributed by atoms with van der Waals surface area (Å²) >= 11 is 0. The quantitative estimate of drug-likeness (QED) is 0.684. The van der Waals surface area contributed by atoms with Crippen molar-refractivity contribution in [2.45, 2.75) is 18.8 Å². The minimum Gasteiger partial charge on any atom is -0.338 e. The van der Waals surface area contributed by atoms with E-state index in [0.717, 1.165) is 18.5 Å². The number of likely N-dealkylation sites (tertiary alicyclic amines) is 1. The summed E-state index contributed by atoms with van der Waals surface area (Å²) in [5, 5.41) is 2.71. The molecule has 0 aliphatic carbocycles. The molecule has 7 nitrogen and oxygen atoms in total. The van der Waals surface area contributed by atoms with E-state index in [1.807, 2.05) is 6.07 Å². The summed E-state index contributed by atoms with van der Waals surface area (Å²) in [6.07, 6.45) is 4.81. The zero-order chi connectivity index (χ0) is 22.7. The van der Waals surface area contributed by atoms with Crippen molar-refractivity contribution in [3.8, 4) is 0 Å². The Morgan fingerprint density at radius 3 is 2.50 bits per heavy atom. The maximum atomic E-state index is 13.0. The van der Waals surface area contributed by atoms with Gasteiger partial charge < -0.3 is 14.8 Å². The zero-order valence-corrected chi connectivity index (χ0v) is 17.6. The van der Waals surface area contributed by atoms with Gasteiger partial charge in [-0.3, -0.25) is 19.4 Å². The van der Waals surface area contributed by atoms with Crippen LogP contribution in [0.3, 0.4) is 0 Å². The summed E-state index contributed by atoms with van der Waals surface area (Å²) < 4.78 is 14.4. The number of rotatable bonds is 4. The lowest BCUT2D eigenvalue weighted by Gasteiger charge is -2.32. The van der Waals surface area contributed by atoms with Crippen molar-refractivity contribution >= 4 is 17.5 Å². The van der Waals surface area contributed by atoms with Crippen molar-refractivity contribution in [3.05, 3.63) is 93.9 Å². The largest absolute Gasteiger partial charge is 0.338 e. The van der Waals surface area contributed by atoms with Crippen LogP contribution < -0.4 is 10.9 Å². The first-order chi connectivity index (χ1) is 15.4. The van der Waals surface area contributed by atoms with Gasteiger partial charge in [0.2, 0.25) is 5.56 Å². The highest BCUT2D eigenvalue weighted by molar-refractivity contribution is 6.04. The molecule has 1 aliphatic heterocycles. The number of hydrogen-bond acceptors (Lipinski definition) is 4. The number of aromatic nitrogens is 2. The number of halogens is 1. The molecule has 0 radical (unpaired) electrons. The molecule has 2 aromatic heterocycles. The molecule has 1 aliphatic rings. The number of hydrogen-bond donors (Lipinski definition) is 1. The lowest BCUT2D eigenvalue weighted by Crippen LogP contribution is -2.39. The Morgan fingerprint density at radius 2 is 1.81 bits per heavy atom. The topological polar surface area (TPSA) is 84.3 Å². The molecule has 8 heteroatoms. The van der Waals surface area contributed by atoms with Crippen molar-refractivity contribution in [1.29, 1.82) is 0 Å². The second-order valence-corrected chi connectivity index (χ2v) is 7.89. The molecule has 0 saturated carbocycles. The maximum Gasteiger partial charge on any atom is 0.257 e. The highest BCUT2D eigenvalue weighted by Gasteiger charge is 2.26. The molecule has 164 valence electrons. The lowest BCUT2D eigenvalue weighted by molar-refractivity contribution is 0.0705. The van der Waals surface area contributed by atoms with Crippen molar-refractivity contribution in [3.63, 3.8) is 0 Å². The number of amides is 2. The summed E-state index contributed by atoms with van der Waals surface area (Å²) in [5.41, 5.74) is 2.04. The molecule has 1 saturated heterocycles. The second-order valence-electron chi connectivity index (χ2n) is 7.89.